The van der Waals surface area contributed by atoms with Gasteiger partial charge in [-0.2, -0.15) is 0 Å². The van der Waals surface area contributed by atoms with Gasteiger partial charge in [0, 0.05) is 61.6 Å². The number of pyridine rings is 1. The van der Waals surface area contributed by atoms with Crippen molar-refractivity contribution in [1.82, 2.24) is 9.88 Å². The van der Waals surface area contributed by atoms with E-state index < -0.39 is 0 Å². The molecule has 2 heterocycles. The highest BCUT2D eigenvalue weighted by molar-refractivity contribution is 5.92. The Morgan fingerprint density at radius 3 is 2.59 bits per heavy atom. The topological polar surface area (TPSA) is 62.5 Å². The number of non-ortho nitro benzene ring substituents is 1. The zero-order valence-electron chi connectivity index (χ0n) is 16.9. The van der Waals surface area contributed by atoms with Gasteiger partial charge in [0.2, 0.25) is 0 Å². The number of piperazine rings is 1. The van der Waals surface area contributed by atoms with E-state index in [0.717, 1.165) is 49.5 Å². The molecule has 1 atom stereocenters. The lowest BCUT2D eigenvalue weighted by molar-refractivity contribution is -0.384. The molecule has 1 saturated heterocycles. The van der Waals surface area contributed by atoms with Gasteiger partial charge in [-0.05, 0) is 42.7 Å². The number of anilines is 1. The van der Waals surface area contributed by atoms with Crippen molar-refractivity contribution in [2.24, 2.45) is 0 Å². The van der Waals surface area contributed by atoms with E-state index in [-0.39, 0.29) is 16.5 Å². The van der Waals surface area contributed by atoms with Crippen LogP contribution in [0.15, 0.2) is 54.6 Å². The molecule has 6 nitrogen and oxygen atoms in total. The molecule has 1 aliphatic rings. The largest absolute Gasteiger partial charge is 0.368 e. The maximum Gasteiger partial charge on any atom is 0.269 e. The predicted molar refractivity (Wildman–Crippen MR) is 117 cm³/mol. The third-order valence-electron chi connectivity index (χ3n) is 5.74. The maximum absolute atomic E-state index is 11.0. The molecule has 150 valence electrons. The molecule has 0 bridgehead atoms. The van der Waals surface area contributed by atoms with Crippen LogP contribution in [0.2, 0.25) is 0 Å². The van der Waals surface area contributed by atoms with Crippen LogP contribution in [0.4, 0.5) is 11.4 Å². The second kappa shape index (κ2) is 8.17. The molecule has 0 N–H and O–H groups in total. The van der Waals surface area contributed by atoms with Gasteiger partial charge in [0.1, 0.15) is 0 Å². The SMILES string of the molecule is Cc1ccc2c(N3CCN(CC(C)c4cccc([N+](=O)[O-])c4)CC3)cccc2n1. The van der Waals surface area contributed by atoms with E-state index in [2.05, 4.69) is 52.0 Å². The molecule has 1 unspecified atom stereocenters. The predicted octanol–water partition coefficient (Wildman–Crippen LogP) is 4.38. The summed E-state index contributed by atoms with van der Waals surface area (Å²) in [7, 11) is 0. The Balaban J connectivity index is 1.41. The third kappa shape index (κ3) is 4.22. The lowest BCUT2D eigenvalue weighted by Crippen LogP contribution is -2.47. The first-order valence-electron chi connectivity index (χ1n) is 10.1. The Kier molecular flexibility index (Phi) is 5.45. The molecule has 0 saturated carbocycles. The van der Waals surface area contributed by atoms with Crippen LogP contribution in [0.3, 0.4) is 0 Å². The highest BCUT2D eigenvalue weighted by Crippen LogP contribution is 2.28. The molecule has 1 aromatic heterocycles. The Morgan fingerprint density at radius 1 is 1.07 bits per heavy atom. The fourth-order valence-corrected chi connectivity index (χ4v) is 4.13. The monoisotopic (exact) mass is 390 g/mol. The van der Waals surface area contributed by atoms with Gasteiger partial charge in [-0.15, -0.1) is 0 Å². The standard InChI is InChI=1S/C23H26N4O2/c1-17(19-5-3-6-20(15-19)27(28)29)16-25-11-13-26(14-12-25)23-8-4-7-22-21(23)10-9-18(2)24-22/h3-10,15,17H,11-14,16H2,1-2H3. The summed E-state index contributed by atoms with van der Waals surface area (Å²) in [5.74, 6) is 0.256. The van der Waals surface area contributed by atoms with Crippen molar-refractivity contribution in [1.29, 1.82) is 0 Å². The molecule has 6 heteroatoms. The summed E-state index contributed by atoms with van der Waals surface area (Å²) < 4.78 is 0. The van der Waals surface area contributed by atoms with Crippen LogP contribution in [0.25, 0.3) is 10.9 Å². The van der Waals surface area contributed by atoms with Crippen LogP contribution in [-0.4, -0.2) is 47.5 Å². The van der Waals surface area contributed by atoms with Crippen LogP contribution >= 0.6 is 0 Å². The van der Waals surface area contributed by atoms with Crippen molar-refractivity contribution < 1.29 is 4.92 Å². The van der Waals surface area contributed by atoms with Gasteiger partial charge in [0.15, 0.2) is 0 Å². The van der Waals surface area contributed by atoms with Crippen molar-refractivity contribution in [2.45, 2.75) is 19.8 Å². The number of fused-ring (bicyclic) bond motifs is 1. The lowest BCUT2D eigenvalue weighted by atomic mass is 9.99. The Labute approximate surface area is 170 Å². The Hall–Kier alpha value is -2.99. The number of nitro benzene ring substituents is 1. The summed E-state index contributed by atoms with van der Waals surface area (Å²) in [6.07, 6.45) is 0. The van der Waals surface area contributed by atoms with E-state index in [1.165, 1.54) is 11.1 Å². The summed E-state index contributed by atoms with van der Waals surface area (Å²) in [6.45, 7) is 8.97. The number of rotatable bonds is 5. The number of hydrogen-bond acceptors (Lipinski definition) is 5. The molecule has 1 aliphatic heterocycles. The van der Waals surface area contributed by atoms with Gasteiger partial charge in [-0.1, -0.05) is 25.1 Å². The number of nitro groups is 1. The van der Waals surface area contributed by atoms with E-state index in [1.54, 1.807) is 18.2 Å². The molecule has 0 spiro atoms. The van der Waals surface area contributed by atoms with Crippen molar-refractivity contribution in [3.05, 3.63) is 76.0 Å². The van der Waals surface area contributed by atoms with E-state index in [0.29, 0.717) is 0 Å². The maximum atomic E-state index is 11.0. The zero-order valence-corrected chi connectivity index (χ0v) is 16.9. The average molecular weight is 390 g/mol. The van der Waals surface area contributed by atoms with E-state index in [4.69, 9.17) is 0 Å². The molecule has 4 rings (SSSR count). The molecule has 0 radical (unpaired) electrons. The first kappa shape index (κ1) is 19.3. The zero-order chi connectivity index (χ0) is 20.4. The van der Waals surface area contributed by atoms with Gasteiger partial charge < -0.3 is 4.90 Å². The number of benzene rings is 2. The molecule has 1 fully saturated rings. The normalized spacial score (nSPS) is 16.1. The van der Waals surface area contributed by atoms with Crippen molar-refractivity contribution in [3.8, 4) is 0 Å². The minimum absolute atomic E-state index is 0.166. The van der Waals surface area contributed by atoms with E-state index in [1.807, 2.05) is 13.0 Å². The second-order valence-electron chi connectivity index (χ2n) is 7.84. The highest BCUT2D eigenvalue weighted by Gasteiger charge is 2.21. The first-order valence-corrected chi connectivity index (χ1v) is 10.1. The second-order valence-corrected chi connectivity index (χ2v) is 7.84. The molecular weight excluding hydrogens is 364 g/mol. The van der Waals surface area contributed by atoms with Crippen LogP contribution in [0, 0.1) is 17.0 Å². The summed E-state index contributed by atoms with van der Waals surface area (Å²) >= 11 is 0. The first-order chi connectivity index (χ1) is 14.0. The quantitative estimate of drug-likeness (QED) is 0.478. The number of hydrogen-bond donors (Lipinski definition) is 0. The Morgan fingerprint density at radius 2 is 1.83 bits per heavy atom. The third-order valence-corrected chi connectivity index (χ3v) is 5.74. The van der Waals surface area contributed by atoms with Crippen molar-refractivity contribution in [2.75, 3.05) is 37.6 Å². The summed E-state index contributed by atoms with van der Waals surface area (Å²) in [5.41, 5.74) is 4.52. The van der Waals surface area contributed by atoms with Gasteiger partial charge in [0.25, 0.3) is 5.69 Å². The minimum Gasteiger partial charge on any atom is -0.368 e. The highest BCUT2D eigenvalue weighted by atomic mass is 16.6. The molecule has 0 aliphatic carbocycles. The van der Waals surface area contributed by atoms with Crippen LogP contribution in [0.5, 0.6) is 0 Å². The minimum atomic E-state index is -0.324. The number of aryl methyl sites for hydroxylation is 1. The summed E-state index contributed by atoms with van der Waals surface area (Å²) in [5, 5.41) is 12.2. The van der Waals surface area contributed by atoms with Gasteiger partial charge >= 0.3 is 0 Å². The Bertz CT molecular complexity index is 1030. The van der Waals surface area contributed by atoms with Crippen molar-refractivity contribution in [3.63, 3.8) is 0 Å². The average Bonchev–Trinajstić information content (AvgIpc) is 2.73. The van der Waals surface area contributed by atoms with Gasteiger partial charge in [0.05, 0.1) is 10.4 Å². The molecule has 2 aromatic carbocycles. The van der Waals surface area contributed by atoms with Crippen molar-refractivity contribution >= 4 is 22.3 Å². The van der Waals surface area contributed by atoms with Gasteiger partial charge in [-0.3, -0.25) is 20.0 Å². The number of aromatic nitrogens is 1. The van der Waals surface area contributed by atoms with Crippen LogP contribution in [0.1, 0.15) is 24.1 Å². The van der Waals surface area contributed by atoms with E-state index in [9.17, 15) is 10.1 Å². The fraction of sp³-hybridized carbons (Fsp3) is 0.348. The van der Waals surface area contributed by atoms with Gasteiger partial charge in [-0.25, -0.2) is 0 Å². The number of nitrogens with zero attached hydrogens (tertiary/aromatic N) is 4. The summed E-state index contributed by atoms with van der Waals surface area (Å²) in [4.78, 5) is 20.3. The summed E-state index contributed by atoms with van der Waals surface area (Å²) in [6, 6.07) is 17.6. The molecule has 3 aromatic rings. The molecule has 29 heavy (non-hydrogen) atoms. The molecule has 0 amide bonds. The van der Waals surface area contributed by atoms with Crippen LogP contribution in [-0.2, 0) is 0 Å². The van der Waals surface area contributed by atoms with E-state index >= 15 is 0 Å². The fourth-order valence-electron chi connectivity index (χ4n) is 4.13. The molecular formula is C23H26N4O2. The lowest BCUT2D eigenvalue weighted by Gasteiger charge is -2.37. The van der Waals surface area contributed by atoms with Crippen LogP contribution < -0.4 is 4.90 Å². The smallest absolute Gasteiger partial charge is 0.269 e.